The molecule has 0 bridgehead atoms. The van der Waals surface area contributed by atoms with Crippen LogP contribution in [0.15, 0.2) is 41.6 Å². The quantitative estimate of drug-likeness (QED) is 0.677. The molecule has 1 saturated carbocycles. The van der Waals surface area contributed by atoms with Gasteiger partial charge in [-0.1, -0.05) is 0 Å². The SMILES string of the molecule is COC(=O)Nc1ccc(S(=O)(=O)NC2CCC(Oc3nccnc3OC)CC2)cc1. The summed E-state index contributed by atoms with van der Waals surface area (Å²) < 4.78 is 43.6. The number of nitrogens with one attached hydrogen (secondary N) is 2. The van der Waals surface area contributed by atoms with Gasteiger partial charge in [0.05, 0.1) is 19.1 Å². The first-order valence-electron chi connectivity index (χ1n) is 9.40. The van der Waals surface area contributed by atoms with Gasteiger partial charge in [0.1, 0.15) is 6.10 Å². The maximum atomic E-state index is 12.7. The van der Waals surface area contributed by atoms with Crippen LogP contribution in [0.1, 0.15) is 25.7 Å². The van der Waals surface area contributed by atoms with E-state index in [1.54, 1.807) is 0 Å². The zero-order valence-electron chi connectivity index (χ0n) is 16.7. The zero-order chi connectivity index (χ0) is 21.6. The van der Waals surface area contributed by atoms with Crippen molar-refractivity contribution in [2.45, 2.75) is 42.7 Å². The molecule has 1 heterocycles. The molecule has 30 heavy (non-hydrogen) atoms. The molecule has 0 aliphatic heterocycles. The third-order valence-corrected chi connectivity index (χ3v) is 6.23. The fourth-order valence-electron chi connectivity index (χ4n) is 3.16. The van der Waals surface area contributed by atoms with Crippen molar-refractivity contribution in [2.75, 3.05) is 19.5 Å². The Balaban J connectivity index is 1.54. The molecule has 0 radical (unpaired) electrons. The molecular weight excluding hydrogens is 412 g/mol. The van der Waals surface area contributed by atoms with Gasteiger partial charge >= 0.3 is 6.09 Å². The fraction of sp³-hybridized carbons (Fsp3) is 0.421. The molecule has 2 aromatic rings. The number of methoxy groups -OCH3 is 2. The Hall–Kier alpha value is -2.92. The smallest absolute Gasteiger partial charge is 0.411 e. The number of benzene rings is 1. The first-order chi connectivity index (χ1) is 14.4. The number of rotatable bonds is 7. The van der Waals surface area contributed by atoms with Crippen molar-refractivity contribution in [3.05, 3.63) is 36.7 Å². The normalized spacial score (nSPS) is 19.0. The summed E-state index contributed by atoms with van der Waals surface area (Å²) in [7, 11) is -0.923. The number of amides is 1. The van der Waals surface area contributed by atoms with Crippen molar-refractivity contribution in [1.82, 2.24) is 14.7 Å². The van der Waals surface area contributed by atoms with Crippen molar-refractivity contribution in [1.29, 1.82) is 0 Å². The molecule has 162 valence electrons. The van der Waals surface area contributed by atoms with Crippen LogP contribution in [0.25, 0.3) is 0 Å². The van der Waals surface area contributed by atoms with Crippen LogP contribution in [0.3, 0.4) is 0 Å². The number of sulfonamides is 1. The Bertz CT molecular complexity index is 959. The molecule has 3 rings (SSSR count). The van der Waals surface area contributed by atoms with E-state index >= 15 is 0 Å². The van der Waals surface area contributed by atoms with E-state index in [2.05, 4.69) is 24.7 Å². The van der Waals surface area contributed by atoms with Crippen LogP contribution in [-0.4, -0.2) is 50.8 Å². The van der Waals surface area contributed by atoms with Crippen LogP contribution in [0.2, 0.25) is 0 Å². The molecule has 2 N–H and O–H groups in total. The van der Waals surface area contributed by atoms with Gasteiger partial charge in [-0.2, -0.15) is 0 Å². The van der Waals surface area contributed by atoms with Gasteiger partial charge in [0.2, 0.25) is 10.0 Å². The summed E-state index contributed by atoms with van der Waals surface area (Å²) in [6.45, 7) is 0. The maximum absolute atomic E-state index is 12.7. The third-order valence-electron chi connectivity index (χ3n) is 4.70. The largest absolute Gasteiger partial charge is 0.477 e. The minimum absolute atomic E-state index is 0.0833. The predicted molar refractivity (Wildman–Crippen MR) is 108 cm³/mol. The standard InChI is InChI=1S/C19H24N4O6S/c1-27-17-18(21-12-11-20-17)29-15-7-3-14(4-8-15)23-30(25,26)16-9-5-13(6-10-16)22-19(24)28-2/h5-6,9-12,14-15,23H,3-4,7-8H2,1-2H3,(H,22,24). The minimum atomic E-state index is -3.67. The molecule has 1 fully saturated rings. The molecular formula is C19H24N4O6S. The summed E-state index contributed by atoms with van der Waals surface area (Å²) in [4.78, 5) is 19.5. The van der Waals surface area contributed by atoms with Crippen LogP contribution >= 0.6 is 0 Å². The second kappa shape index (κ2) is 9.72. The lowest BCUT2D eigenvalue weighted by Crippen LogP contribution is -2.39. The Kier molecular flexibility index (Phi) is 7.06. The van der Waals surface area contributed by atoms with E-state index in [-0.39, 0.29) is 17.0 Å². The summed E-state index contributed by atoms with van der Waals surface area (Å²) in [5.41, 5.74) is 0.442. The van der Waals surface area contributed by atoms with E-state index < -0.39 is 16.1 Å². The molecule has 1 aromatic carbocycles. The van der Waals surface area contributed by atoms with Crippen molar-refractivity contribution in [3.8, 4) is 11.8 Å². The monoisotopic (exact) mass is 436 g/mol. The number of hydrogen-bond acceptors (Lipinski definition) is 8. The first kappa shape index (κ1) is 21.8. The van der Waals surface area contributed by atoms with E-state index in [9.17, 15) is 13.2 Å². The summed E-state index contributed by atoms with van der Waals surface area (Å²) in [6.07, 6.45) is 4.97. The molecule has 10 nitrogen and oxygen atoms in total. The topological polar surface area (TPSA) is 129 Å². The van der Waals surface area contributed by atoms with Crippen LogP contribution in [-0.2, 0) is 14.8 Å². The molecule has 1 aliphatic carbocycles. The Labute approximate surface area is 175 Å². The van der Waals surface area contributed by atoms with Gasteiger partial charge in [0.25, 0.3) is 11.8 Å². The van der Waals surface area contributed by atoms with E-state index in [1.807, 2.05) is 0 Å². The lowest BCUT2D eigenvalue weighted by molar-refractivity contribution is 0.132. The van der Waals surface area contributed by atoms with Gasteiger partial charge in [-0.3, -0.25) is 5.32 Å². The first-order valence-corrected chi connectivity index (χ1v) is 10.9. The van der Waals surface area contributed by atoms with Crippen LogP contribution in [0, 0.1) is 0 Å². The molecule has 1 aliphatic rings. The van der Waals surface area contributed by atoms with E-state index in [0.29, 0.717) is 43.1 Å². The van der Waals surface area contributed by atoms with Gasteiger partial charge in [0.15, 0.2) is 0 Å². The number of hydrogen-bond donors (Lipinski definition) is 2. The summed E-state index contributed by atoms with van der Waals surface area (Å²) in [5.74, 6) is 0.662. The van der Waals surface area contributed by atoms with E-state index in [1.165, 1.54) is 50.9 Å². The van der Waals surface area contributed by atoms with Gasteiger partial charge in [0, 0.05) is 24.1 Å². The predicted octanol–water partition coefficient (Wildman–Crippen LogP) is 2.33. The number of aromatic nitrogens is 2. The summed E-state index contributed by atoms with van der Waals surface area (Å²) >= 11 is 0. The lowest BCUT2D eigenvalue weighted by Gasteiger charge is -2.29. The van der Waals surface area contributed by atoms with Gasteiger partial charge < -0.3 is 14.2 Å². The highest BCUT2D eigenvalue weighted by molar-refractivity contribution is 7.89. The highest BCUT2D eigenvalue weighted by Gasteiger charge is 2.27. The number of nitrogens with zero attached hydrogens (tertiary/aromatic N) is 2. The average Bonchev–Trinajstić information content (AvgIpc) is 2.75. The highest BCUT2D eigenvalue weighted by atomic mass is 32.2. The molecule has 1 amide bonds. The minimum Gasteiger partial charge on any atom is -0.477 e. The Morgan fingerprint density at radius 2 is 1.63 bits per heavy atom. The fourth-order valence-corrected chi connectivity index (χ4v) is 4.47. The van der Waals surface area contributed by atoms with Crippen molar-refractivity contribution in [3.63, 3.8) is 0 Å². The van der Waals surface area contributed by atoms with Gasteiger partial charge in [-0.15, -0.1) is 0 Å². The second-order valence-corrected chi connectivity index (χ2v) is 8.44. The number of carbonyl (C=O) groups is 1. The van der Waals surface area contributed by atoms with E-state index in [0.717, 1.165) is 0 Å². The average molecular weight is 436 g/mol. The van der Waals surface area contributed by atoms with Crippen LogP contribution < -0.4 is 19.5 Å². The molecule has 0 spiro atoms. The molecule has 0 atom stereocenters. The Morgan fingerprint density at radius 3 is 2.23 bits per heavy atom. The van der Waals surface area contributed by atoms with E-state index in [4.69, 9.17) is 9.47 Å². The maximum Gasteiger partial charge on any atom is 0.411 e. The van der Waals surface area contributed by atoms with Gasteiger partial charge in [-0.05, 0) is 49.9 Å². The zero-order valence-corrected chi connectivity index (χ0v) is 17.5. The van der Waals surface area contributed by atoms with Crippen LogP contribution in [0.5, 0.6) is 11.8 Å². The third kappa shape index (κ3) is 5.57. The summed E-state index contributed by atoms with van der Waals surface area (Å²) in [6, 6.07) is 5.69. The molecule has 11 heteroatoms. The number of ether oxygens (including phenoxy) is 3. The lowest BCUT2D eigenvalue weighted by atomic mass is 9.94. The van der Waals surface area contributed by atoms with Gasteiger partial charge in [-0.25, -0.2) is 27.9 Å². The molecule has 1 aromatic heterocycles. The number of anilines is 1. The van der Waals surface area contributed by atoms with Crippen LogP contribution in [0.4, 0.5) is 10.5 Å². The van der Waals surface area contributed by atoms with Crippen molar-refractivity contribution in [2.24, 2.45) is 0 Å². The van der Waals surface area contributed by atoms with Crippen molar-refractivity contribution >= 4 is 21.8 Å². The Morgan fingerprint density at radius 1 is 1.00 bits per heavy atom. The molecule has 0 unspecified atom stereocenters. The number of carbonyl (C=O) groups excluding carboxylic acids is 1. The summed E-state index contributed by atoms with van der Waals surface area (Å²) in [5, 5.41) is 2.48. The second-order valence-electron chi connectivity index (χ2n) is 6.72. The highest BCUT2D eigenvalue weighted by Crippen LogP contribution is 2.28. The molecule has 0 saturated heterocycles. The van der Waals surface area contributed by atoms with Crippen molar-refractivity contribution < 1.29 is 27.4 Å².